The summed E-state index contributed by atoms with van der Waals surface area (Å²) in [6.45, 7) is 9.07. The van der Waals surface area contributed by atoms with Crippen molar-refractivity contribution in [1.82, 2.24) is 0 Å². The maximum absolute atomic E-state index is 11.0. The van der Waals surface area contributed by atoms with Gasteiger partial charge in [0.2, 0.25) is 0 Å². The maximum Gasteiger partial charge on any atom is 0.273 e. The largest absolute Gasteiger partial charge is 0.385 e. The number of nitrogens with one attached hydrogen (secondary N) is 1. The van der Waals surface area contributed by atoms with Crippen molar-refractivity contribution >= 4 is 17.1 Å². The number of hydrogen-bond donors (Lipinski definition) is 1. The highest BCUT2D eigenvalue weighted by Gasteiger charge is 2.23. The number of nitro benzene ring substituents is 1. The third-order valence-corrected chi connectivity index (χ3v) is 3.65. The molecule has 19 heavy (non-hydrogen) atoms. The van der Waals surface area contributed by atoms with Crippen LogP contribution >= 0.6 is 0 Å². The van der Waals surface area contributed by atoms with E-state index < -0.39 is 0 Å². The molecule has 0 radical (unpaired) electrons. The second kappa shape index (κ2) is 5.91. The Bertz CT molecular complexity index is 458. The summed E-state index contributed by atoms with van der Waals surface area (Å²) < 4.78 is 0. The van der Waals surface area contributed by atoms with Crippen molar-refractivity contribution < 1.29 is 4.92 Å². The van der Waals surface area contributed by atoms with Crippen LogP contribution in [0, 0.1) is 10.1 Å². The molecule has 1 rings (SSSR count). The van der Waals surface area contributed by atoms with E-state index in [9.17, 15) is 10.1 Å². The van der Waals surface area contributed by atoms with Gasteiger partial charge in [-0.2, -0.15) is 0 Å². The average Bonchev–Trinajstić information content (AvgIpc) is 2.37. The summed E-state index contributed by atoms with van der Waals surface area (Å²) in [4.78, 5) is 12.7. The van der Waals surface area contributed by atoms with Crippen LogP contribution in [-0.4, -0.2) is 24.1 Å². The Labute approximate surface area is 114 Å². The molecule has 0 spiro atoms. The van der Waals surface area contributed by atoms with Crippen molar-refractivity contribution in [3.8, 4) is 0 Å². The summed E-state index contributed by atoms with van der Waals surface area (Å²) in [5, 5.41) is 14.1. The van der Waals surface area contributed by atoms with Gasteiger partial charge in [-0.3, -0.25) is 10.1 Å². The van der Waals surface area contributed by atoms with Crippen molar-refractivity contribution in [3.05, 3.63) is 28.3 Å². The maximum atomic E-state index is 11.0. The first kappa shape index (κ1) is 15.3. The Balaban J connectivity index is 3.22. The fourth-order valence-electron chi connectivity index (χ4n) is 1.79. The Morgan fingerprint density at radius 3 is 2.42 bits per heavy atom. The third kappa shape index (κ3) is 3.59. The quantitative estimate of drug-likeness (QED) is 0.630. The third-order valence-electron chi connectivity index (χ3n) is 3.65. The molecule has 1 aromatic rings. The highest BCUT2D eigenvalue weighted by Crippen LogP contribution is 2.31. The number of anilines is 2. The van der Waals surface area contributed by atoms with Crippen LogP contribution < -0.4 is 10.2 Å². The van der Waals surface area contributed by atoms with Crippen molar-refractivity contribution in [2.24, 2.45) is 0 Å². The number of hydrogen-bond acceptors (Lipinski definition) is 4. The SMILES string of the molecule is CCNc1cc(N(C)C(C)(C)CC)cc([N+](=O)[O-])c1. The molecule has 0 fully saturated rings. The molecule has 1 aromatic carbocycles. The molecular formula is C14H23N3O2. The normalized spacial score (nSPS) is 11.2. The molecule has 0 bridgehead atoms. The molecule has 5 heteroatoms. The van der Waals surface area contributed by atoms with Gasteiger partial charge in [0, 0.05) is 42.6 Å². The minimum atomic E-state index is -0.350. The van der Waals surface area contributed by atoms with Crippen LogP contribution in [0.4, 0.5) is 17.1 Å². The molecule has 0 atom stereocenters. The van der Waals surface area contributed by atoms with Gasteiger partial charge >= 0.3 is 0 Å². The zero-order valence-corrected chi connectivity index (χ0v) is 12.4. The standard InChI is InChI=1S/C14H23N3O2/c1-6-14(3,4)16(5)12-8-11(15-7-2)9-13(10-12)17(18)19/h8-10,15H,6-7H2,1-5H3. The van der Waals surface area contributed by atoms with Gasteiger partial charge < -0.3 is 10.2 Å². The van der Waals surface area contributed by atoms with E-state index in [1.807, 2.05) is 20.0 Å². The summed E-state index contributed by atoms with van der Waals surface area (Å²) in [6, 6.07) is 5.14. The zero-order chi connectivity index (χ0) is 14.6. The van der Waals surface area contributed by atoms with Crippen LogP contribution in [-0.2, 0) is 0 Å². The average molecular weight is 265 g/mol. The van der Waals surface area contributed by atoms with Crippen molar-refractivity contribution in [3.63, 3.8) is 0 Å². The van der Waals surface area contributed by atoms with E-state index in [-0.39, 0.29) is 16.1 Å². The first-order valence-corrected chi connectivity index (χ1v) is 6.59. The van der Waals surface area contributed by atoms with Gasteiger partial charge in [0.15, 0.2) is 0 Å². The van der Waals surface area contributed by atoms with Crippen molar-refractivity contribution in [1.29, 1.82) is 0 Å². The van der Waals surface area contributed by atoms with Crippen LogP contribution in [0.1, 0.15) is 34.1 Å². The highest BCUT2D eigenvalue weighted by atomic mass is 16.6. The molecule has 0 aliphatic heterocycles. The minimum absolute atomic E-state index is 0.0429. The van der Waals surface area contributed by atoms with Gasteiger partial charge in [-0.05, 0) is 33.3 Å². The first-order valence-electron chi connectivity index (χ1n) is 6.59. The van der Waals surface area contributed by atoms with E-state index >= 15 is 0 Å². The Morgan fingerprint density at radius 1 is 1.32 bits per heavy atom. The van der Waals surface area contributed by atoms with Crippen molar-refractivity contribution in [2.45, 2.75) is 39.7 Å². The number of nitro groups is 1. The lowest BCUT2D eigenvalue weighted by molar-refractivity contribution is -0.384. The highest BCUT2D eigenvalue weighted by molar-refractivity contribution is 5.65. The Morgan fingerprint density at radius 2 is 1.95 bits per heavy atom. The van der Waals surface area contributed by atoms with Crippen LogP contribution in [0.15, 0.2) is 18.2 Å². The van der Waals surface area contributed by atoms with E-state index in [1.54, 1.807) is 12.1 Å². The molecule has 106 valence electrons. The molecular weight excluding hydrogens is 242 g/mol. The molecule has 0 aromatic heterocycles. The predicted molar refractivity (Wildman–Crippen MR) is 80.0 cm³/mol. The fraction of sp³-hybridized carbons (Fsp3) is 0.571. The van der Waals surface area contributed by atoms with Gasteiger partial charge in [0.1, 0.15) is 0 Å². The molecule has 0 unspecified atom stereocenters. The zero-order valence-electron chi connectivity index (χ0n) is 12.4. The van der Waals surface area contributed by atoms with E-state index in [0.717, 1.165) is 24.3 Å². The molecule has 0 aliphatic carbocycles. The topological polar surface area (TPSA) is 58.4 Å². The van der Waals surface area contributed by atoms with Crippen molar-refractivity contribution in [2.75, 3.05) is 23.8 Å². The molecule has 0 amide bonds. The second-order valence-electron chi connectivity index (χ2n) is 5.25. The lowest BCUT2D eigenvalue weighted by atomic mass is 9.99. The Kier molecular flexibility index (Phi) is 4.75. The van der Waals surface area contributed by atoms with E-state index in [2.05, 4.69) is 31.0 Å². The number of benzene rings is 1. The molecule has 0 saturated heterocycles. The lowest BCUT2D eigenvalue weighted by Gasteiger charge is -2.36. The monoisotopic (exact) mass is 265 g/mol. The number of nitrogens with zero attached hydrogens (tertiary/aromatic N) is 2. The fourth-order valence-corrected chi connectivity index (χ4v) is 1.79. The Hall–Kier alpha value is -1.78. The molecule has 0 aliphatic rings. The smallest absolute Gasteiger partial charge is 0.273 e. The van der Waals surface area contributed by atoms with Gasteiger partial charge in [-0.15, -0.1) is 0 Å². The second-order valence-corrected chi connectivity index (χ2v) is 5.25. The van der Waals surface area contributed by atoms with Crippen LogP contribution in [0.25, 0.3) is 0 Å². The van der Waals surface area contributed by atoms with Gasteiger partial charge in [-0.1, -0.05) is 6.92 Å². The van der Waals surface area contributed by atoms with Gasteiger partial charge in [0.25, 0.3) is 5.69 Å². The predicted octanol–water partition coefficient (Wildman–Crippen LogP) is 3.65. The van der Waals surface area contributed by atoms with E-state index in [4.69, 9.17) is 0 Å². The summed E-state index contributed by atoms with van der Waals surface area (Å²) in [7, 11) is 1.97. The van der Waals surface area contributed by atoms with Crippen LogP contribution in [0.2, 0.25) is 0 Å². The molecule has 0 heterocycles. The molecule has 5 nitrogen and oxygen atoms in total. The lowest BCUT2D eigenvalue weighted by Crippen LogP contribution is -2.40. The first-order chi connectivity index (χ1) is 8.81. The van der Waals surface area contributed by atoms with Crippen LogP contribution in [0.5, 0.6) is 0 Å². The summed E-state index contributed by atoms with van der Waals surface area (Å²) in [6.07, 6.45) is 0.961. The summed E-state index contributed by atoms with van der Waals surface area (Å²) in [5.41, 5.74) is 1.72. The summed E-state index contributed by atoms with van der Waals surface area (Å²) >= 11 is 0. The van der Waals surface area contributed by atoms with E-state index in [0.29, 0.717) is 0 Å². The van der Waals surface area contributed by atoms with Gasteiger partial charge in [0.05, 0.1) is 4.92 Å². The minimum Gasteiger partial charge on any atom is -0.385 e. The molecule has 0 saturated carbocycles. The van der Waals surface area contributed by atoms with Crippen LogP contribution in [0.3, 0.4) is 0 Å². The number of rotatable bonds is 6. The molecule has 1 N–H and O–H groups in total. The number of non-ortho nitro benzene ring substituents is 1. The van der Waals surface area contributed by atoms with Gasteiger partial charge in [-0.25, -0.2) is 0 Å². The van der Waals surface area contributed by atoms with E-state index in [1.165, 1.54) is 0 Å². The summed E-state index contributed by atoms with van der Waals surface area (Å²) in [5.74, 6) is 0.